The lowest BCUT2D eigenvalue weighted by Gasteiger charge is -2.11. The van der Waals surface area contributed by atoms with Gasteiger partial charge in [-0.2, -0.15) is 18.2 Å². The molecule has 2 heterocycles. The van der Waals surface area contributed by atoms with Gasteiger partial charge in [-0.25, -0.2) is 13.9 Å². The van der Waals surface area contributed by atoms with Crippen molar-refractivity contribution in [2.75, 3.05) is 0 Å². The number of nitrogens with one attached hydrogen (secondary N) is 1. The Kier molecular flexibility index (Phi) is 4.81. The summed E-state index contributed by atoms with van der Waals surface area (Å²) in [5, 5.41) is 6.02. The third-order valence-electron chi connectivity index (χ3n) is 4.07. The van der Waals surface area contributed by atoms with E-state index in [9.17, 15) is 22.4 Å². The molecule has 3 rings (SSSR count). The summed E-state index contributed by atoms with van der Waals surface area (Å²) in [6.07, 6.45) is -4.82. The van der Waals surface area contributed by atoms with E-state index in [0.717, 1.165) is 4.52 Å². The van der Waals surface area contributed by atoms with E-state index in [1.807, 2.05) is 0 Å². The summed E-state index contributed by atoms with van der Waals surface area (Å²) in [7, 11) is 0. The number of hydrogen-bond acceptors (Lipinski definition) is 4. The lowest BCUT2D eigenvalue weighted by atomic mass is 10.1. The standard InChI is InChI=1S/C17H15F4N5O/c1-9-12(7-14(27)22-8-11-5-3-4-6-13(11)18)10(2)26-16(23-9)24-15(25-26)17(19,20)21/h3-6H,7-8H2,1-2H3,(H,22,27). The highest BCUT2D eigenvalue weighted by atomic mass is 19.4. The van der Waals surface area contributed by atoms with Crippen molar-refractivity contribution in [2.45, 2.75) is 33.0 Å². The topological polar surface area (TPSA) is 72.2 Å². The SMILES string of the molecule is Cc1nc2nc(C(F)(F)F)nn2c(C)c1CC(=O)NCc1ccccc1F. The smallest absolute Gasteiger partial charge is 0.352 e. The van der Waals surface area contributed by atoms with E-state index in [1.54, 1.807) is 25.1 Å². The fourth-order valence-electron chi connectivity index (χ4n) is 2.64. The Bertz CT molecular complexity index is 1010. The van der Waals surface area contributed by atoms with Crippen LogP contribution in [0.2, 0.25) is 0 Å². The maximum Gasteiger partial charge on any atom is 0.453 e. The molecule has 0 bridgehead atoms. The average Bonchev–Trinajstić information content (AvgIpc) is 3.02. The summed E-state index contributed by atoms with van der Waals surface area (Å²) in [6, 6.07) is 6.03. The van der Waals surface area contributed by atoms with E-state index in [0.29, 0.717) is 22.5 Å². The fraction of sp³-hybridized carbons (Fsp3) is 0.294. The lowest BCUT2D eigenvalue weighted by molar-refractivity contribution is -0.144. The van der Waals surface area contributed by atoms with Crippen molar-refractivity contribution in [3.05, 3.63) is 58.4 Å². The second-order valence-electron chi connectivity index (χ2n) is 5.95. The van der Waals surface area contributed by atoms with E-state index in [2.05, 4.69) is 20.4 Å². The molecular formula is C17H15F4N5O. The number of nitrogens with zero attached hydrogens (tertiary/aromatic N) is 4. The number of alkyl halides is 3. The Morgan fingerprint density at radius 2 is 1.89 bits per heavy atom. The van der Waals surface area contributed by atoms with E-state index in [1.165, 1.54) is 13.0 Å². The second kappa shape index (κ2) is 6.93. The number of carbonyl (C=O) groups is 1. The maximum absolute atomic E-state index is 13.6. The molecule has 0 aliphatic carbocycles. The number of amides is 1. The predicted molar refractivity (Wildman–Crippen MR) is 87.2 cm³/mol. The number of aromatic nitrogens is 4. The molecule has 27 heavy (non-hydrogen) atoms. The van der Waals surface area contributed by atoms with Crippen molar-refractivity contribution < 1.29 is 22.4 Å². The Balaban J connectivity index is 1.82. The summed E-state index contributed by atoms with van der Waals surface area (Å²) in [5.74, 6) is -2.33. The summed E-state index contributed by atoms with van der Waals surface area (Å²) >= 11 is 0. The summed E-state index contributed by atoms with van der Waals surface area (Å²) in [4.78, 5) is 19.6. The number of benzene rings is 1. The number of carbonyl (C=O) groups excluding carboxylic acids is 1. The first-order chi connectivity index (χ1) is 12.7. The van der Waals surface area contributed by atoms with Crippen LogP contribution in [0, 0.1) is 19.7 Å². The molecule has 0 fully saturated rings. The van der Waals surface area contributed by atoms with Gasteiger partial charge in [-0.05, 0) is 19.9 Å². The third kappa shape index (κ3) is 3.88. The quantitative estimate of drug-likeness (QED) is 0.706. The van der Waals surface area contributed by atoms with Gasteiger partial charge in [-0.1, -0.05) is 18.2 Å². The van der Waals surface area contributed by atoms with Crippen molar-refractivity contribution >= 4 is 11.7 Å². The van der Waals surface area contributed by atoms with Gasteiger partial charge in [0.1, 0.15) is 5.82 Å². The van der Waals surface area contributed by atoms with Gasteiger partial charge in [0, 0.05) is 29.1 Å². The van der Waals surface area contributed by atoms with Crippen LogP contribution >= 0.6 is 0 Å². The highest BCUT2D eigenvalue weighted by Gasteiger charge is 2.37. The van der Waals surface area contributed by atoms with E-state index < -0.39 is 23.7 Å². The molecule has 3 aromatic rings. The molecule has 0 atom stereocenters. The zero-order valence-electron chi connectivity index (χ0n) is 14.4. The minimum absolute atomic E-state index is 0.000816. The first-order valence-corrected chi connectivity index (χ1v) is 7.97. The normalized spacial score (nSPS) is 11.8. The van der Waals surface area contributed by atoms with Crippen LogP contribution < -0.4 is 5.32 Å². The van der Waals surface area contributed by atoms with Crippen molar-refractivity contribution in [3.63, 3.8) is 0 Å². The van der Waals surface area contributed by atoms with E-state index >= 15 is 0 Å². The first kappa shape index (κ1) is 18.7. The molecule has 0 aliphatic heterocycles. The average molecular weight is 381 g/mol. The van der Waals surface area contributed by atoms with Crippen LogP contribution in [-0.4, -0.2) is 25.5 Å². The van der Waals surface area contributed by atoms with Crippen molar-refractivity contribution in [2.24, 2.45) is 0 Å². The number of hydrogen-bond donors (Lipinski definition) is 1. The van der Waals surface area contributed by atoms with Gasteiger partial charge in [0.15, 0.2) is 0 Å². The van der Waals surface area contributed by atoms with Crippen LogP contribution in [0.15, 0.2) is 24.3 Å². The van der Waals surface area contributed by atoms with Crippen LogP contribution in [-0.2, 0) is 23.9 Å². The van der Waals surface area contributed by atoms with Crippen LogP contribution in [0.25, 0.3) is 5.78 Å². The largest absolute Gasteiger partial charge is 0.453 e. The fourth-order valence-corrected chi connectivity index (χ4v) is 2.64. The van der Waals surface area contributed by atoms with Crippen molar-refractivity contribution in [3.8, 4) is 0 Å². The number of halogens is 4. The second-order valence-corrected chi connectivity index (χ2v) is 5.95. The van der Waals surface area contributed by atoms with Gasteiger partial charge in [-0.15, -0.1) is 5.10 Å². The number of fused-ring (bicyclic) bond motifs is 1. The van der Waals surface area contributed by atoms with Gasteiger partial charge < -0.3 is 5.32 Å². The summed E-state index contributed by atoms with van der Waals surface area (Å²) in [5.41, 5.74) is 1.48. The van der Waals surface area contributed by atoms with Crippen LogP contribution in [0.1, 0.15) is 28.3 Å². The molecule has 1 N–H and O–H groups in total. The zero-order valence-corrected chi connectivity index (χ0v) is 14.4. The minimum Gasteiger partial charge on any atom is -0.352 e. The van der Waals surface area contributed by atoms with Crippen molar-refractivity contribution in [1.29, 1.82) is 0 Å². The molecule has 10 heteroatoms. The Morgan fingerprint density at radius 3 is 2.56 bits per heavy atom. The maximum atomic E-state index is 13.6. The summed E-state index contributed by atoms with van der Waals surface area (Å²) < 4.78 is 53.0. The molecule has 0 spiro atoms. The molecule has 142 valence electrons. The molecule has 0 radical (unpaired) electrons. The van der Waals surface area contributed by atoms with Crippen LogP contribution in [0.3, 0.4) is 0 Å². The Labute approximate surface area is 151 Å². The van der Waals surface area contributed by atoms with E-state index in [-0.39, 0.29) is 18.7 Å². The van der Waals surface area contributed by atoms with Gasteiger partial charge >= 0.3 is 6.18 Å². The molecule has 0 saturated heterocycles. The minimum atomic E-state index is -4.69. The lowest BCUT2D eigenvalue weighted by Crippen LogP contribution is -2.26. The first-order valence-electron chi connectivity index (χ1n) is 7.97. The molecule has 2 aromatic heterocycles. The van der Waals surface area contributed by atoms with Gasteiger partial charge in [-0.3, -0.25) is 4.79 Å². The Hall–Kier alpha value is -3.04. The van der Waals surface area contributed by atoms with Gasteiger partial charge in [0.05, 0.1) is 6.42 Å². The van der Waals surface area contributed by atoms with Gasteiger partial charge in [0.2, 0.25) is 5.91 Å². The molecule has 0 unspecified atom stereocenters. The summed E-state index contributed by atoms with van der Waals surface area (Å²) in [6.45, 7) is 3.12. The molecular weight excluding hydrogens is 366 g/mol. The van der Waals surface area contributed by atoms with Crippen LogP contribution in [0.5, 0.6) is 0 Å². The molecule has 1 aromatic carbocycles. The monoisotopic (exact) mass is 381 g/mol. The molecule has 0 saturated carbocycles. The van der Waals surface area contributed by atoms with E-state index in [4.69, 9.17) is 0 Å². The zero-order chi connectivity index (χ0) is 19.8. The van der Waals surface area contributed by atoms with Crippen molar-refractivity contribution in [1.82, 2.24) is 24.9 Å². The molecule has 1 amide bonds. The van der Waals surface area contributed by atoms with Crippen LogP contribution in [0.4, 0.5) is 17.6 Å². The number of rotatable bonds is 4. The van der Waals surface area contributed by atoms with Gasteiger partial charge in [0.25, 0.3) is 11.6 Å². The molecule has 0 aliphatic rings. The Morgan fingerprint density at radius 1 is 1.19 bits per heavy atom. The third-order valence-corrected chi connectivity index (χ3v) is 4.07. The molecule has 6 nitrogen and oxygen atoms in total. The number of aryl methyl sites for hydroxylation is 2. The highest BCUT2D eigenvalue weighted by molar-refractivity contribution is 5.79. The predicted octanol–water partition coefficient (Wildman–Crippen LogP) is 2.76. The highest BCUT2D eigenvalue weighted by Crippen LogP contribution is 2.27.